The van der Waals surface area contributed by atoms with E-state index in [1.165, 1.54) is 12.1 Å². The van der Waals surface area contributed by atoms with Crippen molar-refractivity contribution in [3.63, 3.8) is 0 Å². The first-order valence-electron chi connectivity index (χ1n) is 7.29. The van der Waals surface area contributed by atoms with E-state index in [1.807, 2.05) is 0 Å². The molecule has 110 valence electrons. The van der Waals surface area contributed by atoms with Gasteiger partial charge in [-0.15, -0.1) is 0 Å². The van der Waals surface area contributed by atoms with Crippen molar-refractivity contribution >= 4 is 17.3 Å². The van der Waals surface area contributed by atoms with E-state index in [-0.39, 0.29) is 17.0 Å². The normalized spacial score (nSPS) is 17.4. The molecule has 3 nitrogen and oxygen atoms in total. The van der Waals surface area contributed by atoms with Crippen LogP contribution in [0.2, 0.25) is 0 Å². The van der Waals surface area contributed by atoms with E-state index in [1.54, 1.807) is 6.07 Å². The fraction of sp³-hybridized carbons (Fsp3) is 0.562. The molecule has 1 aliphatic rings. The summed E-state index contributed by atoms with van der Waals surface area (Å²) in [5.74, 6) is -0.0708. The first-order chi connectivity index (χ1) is 9.43. The van der Waals surface area contributed by atoms with E-state index >= 15 is 0 Å². The van der Waals surface area contributed by atoms with Crippen molar-refractivity contribution < 1.29 is 9.18 Å². The van der Waals surface area contributed by atoms with Crippen LogP contribution in [0.5, 0.6) is 0 Å². The highest BCUT2D eigenvalue weighted by molar-refractivity contribution is 5.95. The van der Waals surface area contributed by atoms with Crippen molar-refractivity contribution in [3.8, 4) is 0 Å². The van der Waals surface area contributed by atoms with Gasteiger partial charge in [0.05, 0.1) is 5.69 Å². The Kier molecular flexibility index (Phi) is 4.31. The van der Waals surface area contributed by atoms with E-state index in [0.717, 1.165) is 32.1 Å². The number of amides is 1. The molecule has 1 amide bonds. The summed E-state index contributed by atoms with van der Waals surface area (Å²) in [6, 6.07) is 4.36. The number of benzene rings is 1. The average molecular weight is 278 g/mol. The van der Waals surface area contributed by atoms with Crippen LogP contribution in [-0.4, -0.2) is 5.91 Å². The highest BCUT2D eigenvalue weighted by atomic mass is 19.1. The van der Waals surface area contributed by atoms with Crippen molar-refractivity contribution in [3.05, 3.63) is 24.0 Å². The van der Waals surface area contributed by atoms with Crippen molar-refractivity contribution in [1.29, 1.82) is 0 Å². The van der Waals surface area contributed by atoms with E-state index in [4.69, 9.17) is 5.73 Å². The summed E-state index contributed by atoms with van der Waals surface area (Å²) in [6.45, 7) is 4.24. The van der Waals surface area contributed by atoms with Gasteiger partial charge in [0.25, 0.3) is 0 Å². The van der Waals surface area contributed by atoms with Gasteiger partial charge in [-0.2, -0.15) is 0 Å². The molecule has 0 bridgehead atoms. The second-order valence-electron chi connectivity index (χ2n) is 6.28. The number of rotatable bonds is 4. The number of nitrogens with one attached hydrogen (secondary N) is 1. The second kappa shape index (κ2) is 5.81. The first-order valence-corrected chi connectivity index (χ1v) is 7.29. The van der Waals surface area contributed by atoms with Crippen LogP contribution in [-0.2, 0) is 4.79 Å². The van der Waals surface area contributed by atoms with Crippen molar-refractivity contribution in [2.24, 2.45) is 11.3 Å². The molecule has 0 heterocycles. The summed E-state index contributed by atoms with van der Waals surface area (Å²) >= 11 is 0. The molecule has 0 atom stereocenters. The molecule has 4 heteroatoms. The number of anilines is 2. The zero-order chi connectivity index (χ0) is 14.8. The Bertz CT molecular complexity index is 493. The molecule has 2 rings (SSSR count). The minimum Gasteiger partial charge on any atom is -0.399 e. The van der Waals surface area contributed by atoms with Crippen molar-refractivity contribution in [1.82, 2.24) is 0 Å². The van der Waals surface area contributed by atoms with E-state index in [2.05, 4.69) is 19.2 Å². The number of nitrogens with two attached hydrogens (primary N) is 1. The van der Waals surface area contributed by atoms with Crippen LogP contribution in [0.3, 0.4) is 0 Å². The lowest BCUT2D eigenvalue weighted by Gasteiger charge is -2.29. The molecule has 1 aromatic rings. The third-order valence-electron chi connectivity index (χ3n) is 4.08. The molecule has 20 heavy (non-hydrogen) atoms. The number of nitrogen functional groups attached to an aromatic ring is 1. The lowest BCUT2D eigenvalue weighted by atomic mass is 9.77. The molecule has 0 saturated heterocycles. The van der Waals surface area contributed by atoms with Gasteiger partial charge in [0.1, 0.15) is 5.82 Å². The van der Waals surface area contributed by atoms with Gasteiger partial charge in [-0.05, 0) is 43.4 Å². The Labute approximate surface area is 119 Å². The molecule has 0 aromatic heterocycles. The Morgan fingerprint density at radius 2 is 2.05 bits per heavy atom. The Morgan fingerprint density at radius 3 is 2.60 bits per heavy atom. The quantitative estimate of drug-likeness (QED) is 0.819. The van der Waals surface area contributed by atoms with Crippen LogP contribution in [0.4, 0.5) is 15.8 Å². The Balaban J connectivity index is 2.16. The molecule has 1 saturated carbocycles. The zero-order valence-electron chi connectivity index (χ0n) is 12.2. The van der Waals surface area contributed by atoms with Gasteiger partial charge in [-0.1, -0.05) is 26.7 Å². The predicted octanol–water partition coefficient (Wildman–Crippen LogP) is 3.95. The van der Waals surface area contributed by atoms with E-state index in [9.17, 15) is 9.18 Å². The van der Waals surface area contributed by atoms with Crippen LogP contribution in [0.1, 0.15) is 46.0 Å². The van der Waals surface area contributed by atoms with E-state index < -0.39 is 5.82 Å². The van der Waals surface area contributed by atoms with Crippen LogP contribution >= 0.6 is 0 Å². The highest BCUT2D eigenvalue weighted by Crippen LogP contribution is 2.44. The molecule has 1 aliphatic carbocycles. The Morgan fingerprint density at radius 1 is 1.40 bits per heavy atom. The number of hydrogen-bond donors (Lipinski definition) is 2. The van der Waals surface area contributed by atoms with Crippen LogP contribution < -0.4 is 11.1 Å². The molecule has 0 radical (unpaired) electrons. The topological polar surface area (TPSA) is 55.1 Å². The van der Waals surface area contributed by atoms with Crippen molar-refractivity contribution in [2.45, 2.75) is 46.0 Å². The minimum absolute atomic E-state index is 0.0487. The number of halogens is 1. The van der Waals surface area contributed by atoms with Gasteiger partial charge in [0, 0.05) is 11.1 Å². The molecule has 0 unspecified atom stereocenters. The standard InChI is InChI=1S/C16H23FN2O/c1-11(2)10-16(7-3-4-8-16)15(20)19-14-6-5-12(18)9-13(14)17/h5-6,9,11H,3-4,7-8,10,18H2,1-2H3,(H,19,20). The smallest absolute Gasteiger partial charge is 0.230 e. The third-order valence-corrected chi connectivity index (χ3v) is 4.08. The lowest BCUT2D eigenvalue weighted by molar-refractivity contribution is -0.126. The predicted molar refractivity (Wildman–Crippen MR) is 79.8 cm³/mol. The zero-order valence-corrected chi connectivity index (χ0v) is 12.2. The number of carbonyl (C=O) groups excluding carboxylic acids is 1. The van der Waals surface area contributed by atoms with Gasteiger partial charge in [0.2, 0.25) is 5.91 Å². The Hall–Kier alpha value is -1.58. The highest BCUT2D eigenvalue weighted by Gasteiger charge is 2.41. The summed E-state index contributed by atoms with van der Waals surface area (Å²) in [5.41, 5.74) is 5.77. The van der Waals surface area contributed by atoms with Gasteiger partial charge >= 0.3 is 0 Å². The van der Waals surface area contributed by atoms with Gasteiger partial charge in [-0.25, -0.2) is 4.39 Å². The number of hydrogen-bond acceptors (Lipinski definition) is 2. The lowest BCUT2D eigenvalue weighted by Crippen LogP contribution is -2.35. The fourth-order valence-corrected chi connectivity index (χ4v) is 3.24. The molecule has 0 spiro atoms. The van der Waals surface area contributed by atoms with Crippen molar-refractivity contribution in [2.75, 3.05) is 11.1 Å². The summed E-state index contributed by atoms with van der Waals surface area (Å²) in [6.07, 6.45) is 4.80. The molecule has 0 aliphatic heterocycles. The molecular formula is C16H23FN2O. The largest absolute Gasteiger partial charge is 0.399 e. The summed E-state index contributed by atoms with van der Waals surface area (Å²) in [4.78, 5) is 12.6. The second-order valence-corrected chi connectivity index (χ2v) is 6.28. The fourth-order valence-electron chi connectivity index (χ4n) is 3.24. The van der Waals surface area contributed by atoms with Gasteiger partial charge in [-0.3, -0.25) is 4.79 Å². The maximum absolute atomic E-state index is 13.8. The third kappa shape index (κ3) is 3.11. The van der Waals surface area contributed by atoms with E-state index in [0.29, 0.717) is 11.6 Å². The monoisotopic (exact) mass is 278 g/mol. The SMILES string of the molecule is CC(C)CC1(C(=O)Nc2ccc(N)cc2F)CCCC1. The molecular weight excluding hydrogens is 255 g/mol. The molecule has 1 fully saturated rings. The average Bonchev–Trinajstić information content (AvgIpc) is 2.81. The maximum Gasteiger partial charge on any atom is 0.230 e. The van der Waals surface area contributed by atoms with Crippen LogP contribution in [0.25, 0.3) is 0 Å². The minimum atomic E-state index is -0.476. The summed E-state index contributed by atoms with van der Waals surface area (Å²) in [5, 5.41) is 2.76. The summed E-state index contributed by atoms with van der Waals surface area (Å²) in [7, 11) is 0. The maximum atomic E-state index is 13.8. The van der Waals surface area contributed by atoms with Crippen LogP contribution in [0.15, 0.2) is 18.2 Å². The van der Waals surface area contributed by atoms with Crippen LogP contribution in [0, 0.1) is 17.2 Å². The molecule has 1 aromatic carbocycles. The first kappa shape index (κ1) is 14.8. The molecule has 3 N–H and O–H groups in total. The van der Waals surface area contributed by atoms with Gasteiger partial charge < -0.3 is 11.1 Å². The summed E-state index contributed by atoms with van der Waals surface area (Å²) < 4.78 is 13.8. The number of carbonyl (C=O) groups is 1. The van der Waals surface area contributed by atoms with Gasteiger partial charge in [0.15, 0.2) is 0 Å².